The van der Waals surface area contributed by atoms with Gasteiger partial charge in [-0.3, -0.25) is 19.3 Å². The molecule has 2 fully saturated rings. The fourth-order valence-corrected chi connectivity index (χ4v) is 5.44. The van der Waals surface area contributed by atoms with Crippen LogP contribution in [0.1, 0.15) is 57.3 Å². The first-order valence-electron chi connectivity index (χ1n) is 13.7. The van der Waals surface area contributed by atoms with Crippen LogP contribution in [0.5, 0.6) is 0 Å². The smallest absolute Gasteiger partial charge is 0.414 e. The number of carbonyl (C=O) groups excluding carboxylic acids is 4. The van der Waals surface area contributed by atoms with Crippen molar-refractivity contribution in [2.24, 2.45) is 5.92 Å². The Morgan fingerprint density at radius 3 is 2.26 bits per heavy atom. The lowest BCUT2D eigenvalue weighted by Gasteiger charge is -2.41. The monoisotopic (exact) mass is 532 g/mol. The summed E-state index contributed by atoms with van der Waals surface area (Å²) in [5, 5.41) is 2.88. The number of ether oxygens (including phenoxy) is 1. The maximum Gasteiger partial charge on any atom is 0.414 e. The highest BCUT2D eigenvalue weighted by Gasteiger charge is 2.41. The maximum absolute atomic E-state index is 13.2. The van der Waals surface area contributed by atoms with Crippen molar-refractivity contribution in [3.63, 3.8) is 0 Å². The molecule has 5 rings (SSSR count). The van der Waals surface area contributed by atoms with Gasteiger partial charge in [0.15, 0.2) is 0 Å². The summed E-state index contributed by atoms with van der Waals surface area (Å²) in [6.07, 6.45) is 1.86. The van der Waals surface area contributed by atoms with Crippen molar-refractivity contribution in [3.05, 3.63) is 48.0 Å². The summed E-state index contributed by atoms with van der Waals surface area (Å²) in [6, 6.07) is 13.0. The van der Waals surface area contributed by atoms with Crippen molar-refractivity contribution in [1.82, 2.24) is 10.2 Å². The number of fused-ring (bicyclic) bond motifs is 1. The second kappa shape index (κ2) is 10.7. The number of rotatable bonds is 5. The molecule has 1 saturated heterocycles. The third-order valence-electron chi connectivity index (χ3n) is 7.48. The van der Waals surface area contributed by atoms with Crippen molar-refractivity contribution in [1.29, 1.82) is 0 Å². The molecule has 0 bridgehead atoms. The topological polar surface area (TPSA) is 99.3 Å². The Balaban J connectivity index is 1.40. The van der Waals surface area contributed by atoms with E-state index in [1.165, 1.54) is 6.92 Å². The molecule has 39 heavy (non-hydrogen) atoms. The molecule has 1 saturated carbocycles. The Kier molecular flexibility index (Phi) is 7.34. The molecule has 2 aromatic carbocycles. The van der Waals surface area contributed by atoms with Crippen LogP contribution in [0, 0.1) is 5.92 Å². The van der Waals surface area contributed by atoms with E-state index >= 15 is 0 Å². The van der Waals surface area contributed by atoms with Gasteiger partial charge in [0.2, 0.25) is 11.8 Å². The Morgan fingerprint density at radius 2 is 1.62 bits per heavy atom. The first-order valence-corrected chi connectivity index (χ1v) is 13.7. The highest BCUT2D eigenvalue weighted by molar-refractivity contribution is 6.05. The standard InChI is InChI=1S/C30H36N4O5/c1-18(2)39-30(38)33-16-19(3)34(29(37)23-9-10-23)26-12-11-24(15-27(26)33)21-5-7-22(8-6-21)28(36)32-14-13-25(17-32)31-20(4)35/h5-8,11-12,15,18-19,23,25H,9-10,13-14,16-17H2,1-4H3,(H,31,35)/t19-,25-/m0/s1. The molecule has 2 heterocycles. The number of benzene rings is 2. The molecular weight excluding hydrogens is 496 g/mol. The minimum Gasteiger partial charge on any atom is -0.446 e. The maximum atomic E-state index is 13.2. The fraction of sp³-hybridized carbons (Fsp3) is 0.467. The van der Waals surface area contributed by atoms with E-state index in [9.17, 15) is 19.2 Å². The van der Waals surface area contributed by atoms with Crippen LogP contribution >= 0.6 is 0 Å². The zero-order valence-electron chi connectivity index (χ0n) is 23.0. The van der Waals surface area contributed by atoms with Gasteiger partial charge in [0.25, 0.3) is 5.91 Å². The summed E-state index contributed by atoms with van der Waals surface area (Å²) in [6.45, 7) is 8.53. The molecule has 0 unspecified atom stereocenters. The summed E-state index contributed by atoms with van der Waals surface area (Å²) in [5.74, 6) is 0.0159. The van der Waals surface area contributed by atoms with E-state index in [0.717, 1.165) is 30.4 Å². The summed E-state index contributed by atoms with van der Waals surface area (Å²) in [5.41, 5.74) is 3.70. The minimum atomic E-state index is -0.433. The summed E-state index contributed by atoms with van der Waals surface area (Å²) >= 11 is 0. The predicted octanol–water partition coefficient (Wildman–Crippen LogP) is 4.20. The SMILES string of the molecule is CC(=O)N[C@H]1CCN(C(=O)c2ccc(-c3ccc4c(c3)N(C(=O)OC(C)C)C[C@H](C)N4C(=O)C3CC3)cc2)C1. The van der Waals surface area contributed by atoms with Crippen LogP contribution in [0.15, 0.2) is 42.5 Å². The average Bonchev–Trinajstić information content (AvgIpc) is 3.65. The number of amides is 4. The lowest BCUT2D eigenvalue weighted by molar-refractivity contribution is -0.120. The highest BCUT2D eigenvalue weighted by Crippen LogP contribution is 2.42. The number of carbonyl (C=O) groups is 4. The zero-order chi connectivity index (χ0) is 27.8. The molecule has 0 spiro atoms. The number of nitrogens with one attached hydrogen (secondary N) is 1. The molecule has 9 nitrogen and oxygen atoms in total. The van der Waals surface area contributed by atoms with Gasteiger partial charge in [-0.15, -0.1) is 0 Å². The Hall–Kier alpha value is -3.88. The molecule has 3 aliphatic rings. The quantitative estimate of drug-likeness (QED) is 0.622. The van der Waals surface area contributed by atoms with Crippen LogP contribution in [0.2, 0.25) is 0 Å². The first kappa shape index (κ1) is 26.7. The van der Waals surface area contributed by atoms with E-state index in [4.69, 9.17) is 4.74 Å². The number of nitrogens with zero attached hydrogens (tertiary/aromatic N) is 3. The normalized spacial score (nSPS) is 20.6. The number of anilines is 2. The van der Waals surface area contributed by atoms with Gasteiger partial charge in [0, 0.05) is 44.1 Å². The van der Waals surface area contributed by atoms with Crippen LogP contribution < -0.4 is 15.1 Å². The van der Waals surface area contributed by atoms with Gasteiger partial charge >= 0.3 is 6.09 Å². The Labute approximate surface area is 229 Å². The molecule has 2 aliphatic heterocycles. The van der Waals surface area contributed by atoms with Crippen LogP contribution in [0.25, 0.3) is 11.1 Å². The third kappa shape index (κ3) is 5.62. The lowest BCUT2D eigenvalue weighted by atomic mass is 9.99. The summed E-state index contributed by atoms with van der Waals surface area (Å²) in [7, 11) is 0. The molecule has 206 valence electrons. The largest absolute Gasteiger partial charge is 0.446 e. The fourth-order valence-electron chi connectivity index (χ4n) is 5.44. The van der Waals surface area contributed by atoms with Crippen molar-refractivity contribution in [3.8, 4) is 11.1 Å². The molecule has 9 heteroatoms. The molecular formula is C30H36N4O5. The lowest BCUT2D eigenvalue weighted by Crippen LogP contribution is -2.52. The molecule has 0 radical (unpaired) electrons. The molecule has 1 N–H and O–H groups in total. The molecule has 2 atom stereocenters. The van der Waals surface area contributed by atoms with E-state index < -0.39 is 6.09 Å². The summed E-state index contributed by atoms with van der Waals surface area (Å²) in [4.78, 5) is 55.8. The van der Waals surface area contributed by atoms with Crippen LogP contribution in [-0.4, -0.2) is 66.5 Å². The Morgan fingerprint density at radius 1 is 0.923 bits per heavy atom. The van der Waals surface area contributed by atoms with E-state index in [0.29, 0.717) is 36.6 Å². The highest BCUT2D eigenvalue weighted by atomic mass is 16.6. The Bertz CT molecular complexity index is 1290. The van der Waals surface area contributed by atoms with Crippen molar-refractivity contribution < 1.29 is 23.9 Å². The number of likely N-dealkylation sites (tertiary alicyclic amines) is 1. The second-order valence-corrected chi connectivity index (χ2v) is 11.1. The van der Waals surface area contributed by atoms with E-state index in [1.807, 2.05) is 56.0 Å². The van der Waals surface area contributed by atoms with Gasteiger partial charge in [-0.1, -0.05) is 18.2 Å². The van der Waals surface area contributed by atoms with E-state index in [-0.39, 0.29) is 41.8 Å². The average molecular weight is 533 g/mol. The molecule has 0 aromatic heterocycles. The van der Waals surface area contributed by atoms with Crippen molar-refractivity contribution >= 4 is 35.2 Å². The molecule has 2 aromatic rings. The number of hydrogen-bond acceptors (Lipinski definition) is 5. The second-order valence-electron chi connectivity index (χ2n) is 11.1. The van der Waals surface area contributed by atoms with Crippen molar-refractivity contribution in [2.75, 3.05) is 29.4 Å². The third-order valence-corrected chi connectivity index (χ3v) is 7.48. The van der Waals surface area contributed by atoms with Gasteiger partial charge in [0.1, 0.15) is 0 Å². The van der Waals surface area contributed by atoms with Gasteiger partial charge in [0.05, 0.1) is 23.5 Å². The minimum absolute atomic E-state index is 0.0133. The predicted molar refractivity (Wildman–Crippen MR) is 149 cm³/mol. The van der Waals surface area contributed by atoms with Crippen molar-refractivity contribution in [2.45, 2.75) is 65.1 Å². The van der Waals surface area contributed by atoms with Gasteiger partial charge in [-0.05, 0) is 75.4 Å². The zero-order valence-corrected chi connectivity index (χ0v) is 23.0. The summed E-state index contributed by atoms with van der Waals surface area (Å²) < 4.78 is 5.53. The molecule has 4 amide bonds. The first-order chi connectivity index (χ1) is 18.6. The number of hydrogen-bond donors (Lipinski definition) is 1. The van der Waals surface area contributed by atoms with Gasteiger partial charge in [-0.25, -0.2) is 4.79 Å². The van der Waals surface area contributed by atoms with Crippen LogP contribution in [-0.2, 0) is 14.3 Å². The van der Waals surface area contributed by atoms with E-state index in [1.54, 1.807) is 21.9 Å². The van der Waals surface area contributed by atoms with Crippen LogP contribution in [0.3, 0.4) is 0 Å². The molecule has 1 aliphatic carbocycles. The van der Waals surface area contributed by atoms with Gasteiger partial charge in [-0.2, -0.15) is 0 Å². The van der Waals surface area contributed by atoms with E-state index in [2.05, 4.69) is 5.32 Å². The van der Waals surface area contributed by atoms with Gasteiger partial charge < -0.3 is 19.9 Å². The van der Waals surface area contributed by atoms with Crippen LogP contribution in [0.4, 0.5) is 16.2 Å².